The van der Waals surface area contributed by atoms with Gasteiger partial charge in [0.25, 0.3) is 5.91 Å². The average molecular weight is 404 g/mol. The molecule has 0 aliphatic rings. The zero-order chi connectivity index (χ0) is 21.5. The maximum absolute atomic E-state index is 12.8. The first-order valence-corrected chi connectivity index (χ1v) is 9.34. The molecule has 0 fully saturated rings. The van der Waals surface area contributed by atoms with E-state index in [0.29, 0.717) is 0 Å². The number of H-pyrrole nitrogens is 1. The number of nitriles is 1. The van der Waals surface area contributed by atoms with Gasteiger partial charge in [0.05, 0.1) is 23.6 Å². The lowest BCUT2D eigenvalue weighted by atomic mass is 10.0. The summed E-state index contributed by atoms with van der Waals surface area (Å²) in [5, 5.41) is 24.2. The fourth-order valence-corrected chi connectivity index (χ4v) is 3.20. The van der Waals surface area contributed by atoms with Gasteiger partial charge in [-0.25, -0.2) is 4.79 Å². The lowest BCUT2D eigenvalue weighted by Crippen LogP contribution is -2.48. The summed E-state index contributed by atoms with van der Waals surface area (Å²) in [6.45, 7) is 0.154. The summed E-state index contributed by atoms with van der Waals surface area (Å²) in [6.07, 6.45) is 2.11. The summed E-state index contributed by atoms with van der Waals surface area (Å²) in [5.41, 5.74) is 1.56. The van der Waals surface area contributed by atoms with Crippen molar-refractivity contribution in [3.8, 4) is 6.07 Å². The Hall–Kier alpha value is -4.12. The van der Waals surface area contributed by atoms with E-state index in [0.717, 1.165) is 16.5 Å². The number of rotatable bonds is 8. The molecule has 3 rings (SSSR count). The third kappa shape index (κ3) is 4.64. The summed E-state index contributed by atoms with van der Waals surface area (Å²) in [5.74, 6) is -2.34. The van der Waals surface area contributed by atoms with Crippen LogP contribution in [0.2, 0.25) is 0 Å². The normalized spacial score (nSPS) is 11.4. The Bertz CT molecular complexity index is 1130. The number of aromatic amines is 1. The summed E-state index contributed by atoms with van der Waals surface area (Å²) < 4.78 is 0. The van der Waals surface area contributed by atoms with Crippen LogP contribution in [0, 0.1) is 11.3 Å². The van der Waals surface area contributed by atoms with Gasteiger partial charge in [-0.15, -0.1) is 0 Å². The van der Waals surface area contributed by atoms with E-state index in [1.807, 2.05) is 30.3 Å². The Morgan fingerprint density at radius 2 is 1.77 bits per heavy atom. The van der Waals surface area contributed by atoms with Crippen molar-refractivity contribution < 1.29 is 19.5 Å². The first-order valence-electron chi connectivity index (χ1n) is 9.34. The molecule has 8 nitrogen and oxygen atoms in total. The van der Waals surface area contributed by atoms with Crippen LogP contribution in [0.1, 0.15) is 32.7 Å². The number of benzene rings is 2. The maximum atomic E-state index is 12.8. The Morgan fingerprint density at radius 1 is 1.07 bits per heavy atom. The maximum Gasteiger partial charge on any atom is 0.336 e. The van der Waals surface area contributed by atoms with Gasteiger partial charge in [-0.05, 0) is 23.8 Å². The Balaban J connectivity index is 1.86. The van der Waals surface area contributed by atoms with E-state index in [1.165, 1.54) is 18.2 Å². The number of carbonyl (C=O) groups excluding carboxylic acids is 2. The second-order valence-corrected chi connectivity index (χ2v) is 6.64. The van der Waals surface area contributed by atoms with Crippen molar-refractivity contribution in [2.24, 2.45) is 0 Å². The number of carboxylic acids is 1. The number of carboxylic acid groups (broad SMARTS) is 1. The molecule has 0 saturated heterocycles. The Kier molecular flexibility index (Phi) is 6.45. The van der Waals surface area contributed by atoms with Crippen LogP contribution in [0.5, 0.6) is 0 Å². The quantitative estimate of drug-likeness (QED) is 0.427. The number of para-hydroxylation sites is 1. The highest BCUT2D eigenvalue weighted by atomic mass is 16.4. The molecule has 2 amide bonds. The highest BCUT2D eigenvalue weighted by Gasteiger charge is 2.25. The fraction of sp³-hybridized carbons (Fsp3) is 0.182. The standard InChI is InChI=1S/C22H20N4O4/c23-10-5-11-24-21(28)19(12-14-13-25-18-9-4-3-6-15(14)18)26-20(27)16-7-1-2-8-17(16)22(29)30/h1-4,6-9,13,19,25H,5,11-12H2,(H,24,28)(H,26,27)(H,29,30). The van der Waals surface area contributed by atoms with Gasteiger partial charge in [0, 0.05) is 30.1 Å². The number of hydrogen-bond acceptors (Lipinski definition) is 4. The molecular weight excluding hydrogens is 384 g/mol. The molecule has 4 N–H and O–H groups in total. The molecule has 30 heavy (non-hydrogen) atoms. The molecule has 0 spiro atoms. The Labute approximate surface area is 172 Å². The third-order valence-electron chi connectivity index (χ3n) is 4.66. The predicted octanol–water partition coefficient (Wildman–Crippen LogP) is 2.24. The molecule has 1 atom stereocenters. The van der Waals surface area contributed by atoms with Crippen molar-refractivity contribution in [2.75, 3.05) is 6.54 Å². The summed E-state index contributed by atoms with van der Waals surface area (Å²) >= 11 is 0. The van der Waals surface area contributed by atoms with E-state index in [2.05, 4.69) is 15.6 Å². The molecule has 0 bridgehead atoms. The number of fused-ring (bicyclic) bond motifs is 1. The molecule has 1 unspecified atom stereocenters. The molecule has 152 valence electrons. The minimum absolute atomic E-state index is 0.0289. The SMILES string of the molecule is N#CCCNC(=O)C(Cc1c[nH]c2ccccc12)NC(=O)c1ccccc1C(=O)O. The number of aromatic carboxylic acids is 1. The number of aromatic nitrogens is 1. The average Bonchev–Trinajstić information content (AvgIpc) is 3.16. The molecule has 0 saturated carbocycles. The van der Waals surface area contributed by atoms with E-state index in [9.17, 15) is 19.5 Å². The largest absolute Gasteiger partial charge is 0.478 e. The lowest BCUT2D eigenvalue weighted by Gasteiger charge is -2.19. The summed E-state index contributed by atoms with van der Waals surface area (Å²) in [6, 6.07) is 14.4. The topological polar surface area (TPSA) is 135 Å². The number of hydrogen-bond donors (Lipinski definition) is 4. The van der Waals surface area contributed by atoms with Gasteiger partial charge in [-0.1, -0.05) is 30.3 Å². The van der Waals surface area contributed by atoms with Crippen LogP contribution in [0.15, 0.2) is 54.7 Å². The van der Waals surface area contributed by atoms with E-state index >= 15 is 0 Å². The molecular formula is C22H20N4O4. The number of amides is 2. The number of nitrogens with zero attached hydrogens (tertiary/aromatic N) is 1. The molecule has 0 aliphatic heterocycles. The highest BCUT2D eigenvalue weighted by Crippen LogP contribution is 2.19. The van der Waals surface area contributed by atoms with Crippen molar-refractivity contribution in [1.82, 2.24) is 15.6 Å². The number of nitrogens with one attached hydrogen (secondary N) is 3. The highest BCUT2D eigenvalue weighted by molar-refractivity contribution is 6.06. The van der Waals surface area contributed by atoms with Crippen molar-refractivity contribution in [2.45, 2.75) is 18.9 Å². The first-order chi connectivity index (χ1) is 14.5. The van der Waals surface area contributed by atoms with Gasteiger partial charge in [0.1, 0.15) is 6.04 Å². The van der Waals surface area contributed by atoms with Gasteiger partial charge < -0.3 is 20.7 Å². The smallest absolute Gasteiger partial charge is 0.336 e. The second-order valence-electron chi connectivity index (χ2n) is 6.64. The predicted molar refractivity (Wildman–Crippen MR) is 110 cm³/mol. The molecule has 2 aromatic carbocycles. The van der Waals surface area contributed by atoms with Crippen molar-refractivity contribution >= 4 is 28.7 Å². The van der Waals surface area contributed by atoms with Gasteiger partial charge in [0.15, 0.2) is 0 Å². The Morgan fingerprint density at radius 3 is 2.50 bits per heavy atom. The van der Waals surface area contributed by atoms with Gasteiger partial charge in [-0.2, -0.15) is 5.26 Å². The molecule has 0 radical (unpaired) electrons. The number of carbonyl (C=O) groups is 3. The van der Waals surface area contributed by atoms with E-state index < -0.39 is 23.8 Å². The molecule has 3 aromatic rings. The minimum atomic E-state index is -1.23. The fourth-order valence-electron chi connectivity index (χ4n) is 3.20. The first kappa shape index (κ1) is 20.6. The molecule has 1 aromatic heterocycles. The van der Waals surface area contributed by atoms with Gasteiger partial charge in [0.2, 0.25) is 5.91 Å². The molecule has 8 heteroatoms. The van der Waals surface area contributed by atoms with Crippen LogP contribution in [-0.4, -0.2) is 40.5 Å². The van der Waals surface area contributed by atoms with E-state index in [-0.39, 0.29) is 30.5 Å². The van der Waals surface area contributed by atoms with Crippen LogP contribution in [-0.2, 0) is 11.2 Å². The lowest BCUT2D eigenvalue weighted by molar-refractivity contribution is -0.122. The van der Waals surface area contributed by atoms with E-state index in [4.69, 9.17) is 5.26 Å². The van der Waals surface area contributed by atoms with Crippen LogP contribution in [0.4, 0.5) is 0 Å². The monoisotopic (exact) mass is 404 g/mol. The summed E-state index contributed by atoms with van der Waals surface area (Å²) in [4.78, 5) is 40.1. The minimum Gasteiger partial charge on any atom is -0.478 e. The summed E-state index contributed by atoms with van der Waals surface area (Å²) in [7, 11) is 0. The third-order valence-corrected chi connectivity index (χ3v) is 4.66. The van der Waals surface area contributed by atoms with Crippen LogP contribution >= 0.6 is 0 Å². The van der Waals surface area contributed by atoms with Gasteiger partial charge in [-0.3, -0.25) is 9.59 Å². The second kappa shape index (κ2) is 9.39. The zero-order valence-corrected chi connectivity index (χ0v) is 16.0. The zero-order valence-electron chi connectivity index (χ0n) is 16.0. The van der Waals surface area contributed by atoms with Crippen LogP contribution in [0.3, 0.4) is 0 Å². The van der Waals surface area contributed by atoms with Gasteiger partial charge >= 0.3 is 5.97 Å². The van der Waals surface area contributed by atoms with Crippen LogP contribution in [0.25, 0.3) is 10.9 Å². The van der Waals surface area contributed by atoms with Crippen molar-refractivity contribution in [1.29, 1.82) is 5.26 Å². The van der Waals surface area contributed by atoms with E-state index in [1.54, 1.807) is 12.3 Å². The van der Waals surface area contributed by atoms with Crippen molar-refractivity contribution in [3.05, 3.63) is 71.4 Å². The van der Waals surface area contributed by atoms with Crippen LogP contribution < -0.4 is 10.6 Å². The molecule has 0 aliphatic carbocycles. The van der Waals surface area contributed by atoms with Crippen molar-refractivity contribution in [3.63, 3.8) is 0 Å². The molecule has 1 heterocycles.